The summed E-state index contributed by atoms with van der Waals surface area (Å²) in [7, 11) is 1.79. The van der Waals surface area contributed by atoms with Crippen molar-refractivity contribution in [1.29, 1.82) is 0 Å². The van der Waals surface area contributed by atoms with E-state index in [1.807, 2.05) is 0 Å². The molecule has 0 aliphatic heterocycles. The van der Waals surface area contributed by atoms with Gasteiger partial charge in [-0.2, -0.15) is 10.1 Å². The summed E-state index contributed by atoms with van der Waals surface area (Å²) < 4.78 is 1.64. The number of hydrogen-bond donors (Lipinski definition) is 2. The van der Waals surface area contributed by atoms with Crippen molar-refractivity contribution in [1.82, 2.24) is 19.7 Å². The van der Waals surface area contributed by atoms with E-state index < -0.39 is 4.92 Å². The number of aryl methyl sites for hydroxylation is 1. The number of rotatable bonds is 4. The van der Waals surface area contributed by atoms with Crippen LogP contribution in [0, 0.1) is 10.1 Å². The monoisotopic (exact) mass is 249 g/mol. The lowest BCUT2D eigenvalue weighted by Gasteiger charge is -2.04. The van der Waals surface area contributed by atoms with Gasteiger partial charge in [-0.05, 0) is 6.07 Å². The molecule has 9 nitrogen and oxygen atoms in total. The Kier molecular flexibility index (Phi) is 3.04. The molecule has 0 amide bonds. The lowest BCUT2D eigenvalue weighted by molar-refractivity contribution is -0.384. The third kappa shape index (κ3) is 2.51. The summed E-state index contributed by atoms with van der Waals surface area (Å²) in [6, 6.07) is 1.80. The minimum Gasteiger partial charge on any atom is -0.368 e. The van der Waals surface area contributed by atoms with Gasteiger partial charge in [-0.1, -0.05) is 0 Å². The Morgan fingerprint density at radius 3 is 3.00 bits per heavy atom. The Hall–Kier alpha value is -2.71. The molecule has 0 spiro atoms. The van der Waals surface area contributed by atoms with Gasteiger partial charge in [-0.3, -0.25) is 14.8 Å². The van der Waals surface area contributed by atoms with Crippen LogP contribution in [0.5, 0.6) is 0 Å². The molecule has 0 saturated heterocycles. The maximum Gasteiger partial charge on any atom is 0.329 e. The molecule has 0 unspecified atom stereocenters. The molecule has 2 rings (SSSR count). The predicted octanol–water partition coefficient (Wildman–Crippen LogP) is 0.313. The molecule has 3 N–H and O–H groups in total. The summed E-state index contributed by atoms with van der Waals surface area (Å²) in [5, 5.41) is 17.7. The molecule has 2 aromatic rings. The van der Waals surface area contributed by atoms with Crippen LogP contribution in [0.15, 0.2) is 18.5 Å². The Balaban J connectivity index is 2.17. The van der Waals surface area contributed by atoms with Crippen LogP contribution in [0.3, 0.4) is 0 Å². The lowest BCUT2D eigenvalue weighted by Crippen LogP contribution is -2.08. The molecule has 0 atom stereocenters. The molecular formula is C9H11N7O2. The van der Waals surface area contributed by atoms with E-state index in [0.29, 0.717) is 6.54 Å². The zero-order chi connectivity index (χ0) is 13.1. The lowest BCUT2D eigenvalue weighted by atomic mass is 10.4. The van der Waals surface area contributed by atoms with Gasteiger partial charge >= 0.3 is 5.69 Å². The topological polar surface area (TPSA) is 125 Å². The fraction of sp³-hybridized carbons (Fsp3) is 0.222. The van der Waals surface area contributed by atoms with E-state index in [1.54, 1.807) is 24.0 Å². The second kappa shape index (κ2) is 4.65. The highest BCUT2D eigenvalue weighted by molar-refractivity contribution is 5.56. The summed E-state index contributed by atoms with van der Waals surface area (Å²) in [6.07, 6.45) is 2.85. The van der Waals surface area contributed by atoms with Gasteiger partial charge in [0.1, 0.15) is 6.20 Å². The number of aromatic nitrogens is 4. The van der Waals surface area contributed by atoms with Crippen LogP contribution < -0.4 is 11.1 Å². The molecule has 94 valence electrons. The molecule has 0 saturated carbocycles. The number of nitro groups is 1. The SMILES string of the molecule is Cn1ccc(CNc2nc(N)ncc2[N+](=O)[O-])n1. The number of hydrogen-bond acceptors (Lipinski definition) is 7. The average Bonchev–Trinajstić information content (AvgIpc) is 2.72. The number of nitrogens with one attached hydrogen (secondary N) is 1. The zero-order valence-corrected chi connectivity index (χ0v) is 9.57. The highest BCUT2D eigenvalue weighted by Gasteiger charge is 2.16. The van der Waals surface area contributed by atoms with Crippen LogP contribution in [0.1, 0.15) is 5.69 Å². The van der Waals surface area contributed by atoms with Gasteiger partial charge in [0.15, 0.2) is 0 Å². The highest BCUT2D eigenvalue weighted by Crippen LogP contribution is 2.21. The second-order valence-corrected chi connectivity index (χ2v) is 3.55. The van der Waals surface area contributed by atoms with Crippen molar-refractivity contribution < 1.29 is 4.92 Å². The van der Waals surface area contributed by atoms with Gasteiger partial charge in [0.2, 0.25) is 11.8 Å². The molecule has 0 aliphatic carbocycles. The van der Waals surface area contributed by atoms with Crippen molar-refractivity contribution in [2.75, 3.05) is 11.1 Å². The normalized spacial score (nSPS) is 10.3. The molecule has 0 bridgehead atoms. The largest absolute Gasteiger partial charge is 0.368 e. The van der Waals surface area contributed by atoms with Crippen molar-refractivity contribution in [3.05, 3.63) is 34.3 Å². The minimum absolute atomic E-state index is 0.0240. The van der Waals surface area contributed by atoms with Gasteiger partial charge in [-0.15, -0.1) is 0 Å². The first-order valence-electron chi connectivity index (χ1n) is 5.05. The van der Waals surface area contributed by atoms with E-state index in [-0.39, 0.29) is 17.5 Å². The maximum atomic E-state index is 10.8. The highest BCUT2D eigenvalue weighted by atomic mass is 16.6. The summed E-state index contributed by atoms with van der Waals surface area (Å²) in [4.78, 5) is 17.6. The quantitative estimate of drug-likeness (QED) is 0.590. The first-order chi connectivity index (χ1) is 8.56. The Bertz CT molecular complexity index is 580. The third-order valence-electron chi connectivity index (χ3n) is 2.19. The first kappa shape index (κ1) is 11.8. The van der Waals surface area contributed by atoms with Crippen LogP contribution in [-0.2, 0) is 13.6 Å². The van der Waals surface area contributed by atoms with Crippen LogP contribution >= 0.6 is 0 Å². The zero-order valence-electron chi connectivity index (χ0n) is 9.57. The fourth-order valence-corrected chi connectivity index (χ4v) is 1.38. The van der Waals surface area contributed by atoms with Crippen molar-refractivity contribution in [3.8, 4) is 0 Å². The average molecular weight is 249 g/mol. The smallest absolute Gasteiger partial charge is 0.329 e. The predicted molar refractivity (Wildman–Crippen MR) is 63.6 cm³/mol. The first-order valence-corrected chi connectivity index (χ1v) is 5.05. The van der Waals surface area contributed by atoms with Crippen LogP contribution in [-0.4, -0.2) is 24.7 Å². The van der Waals surface area contributed by atoms with Crippen LogP contribution in [0.2, 0.25) is 0 Å². The Morgan fingerprint density at radius 1 is 1.61 bits per heavy atom. The molecule has 2 heterocycles. The summed E-state index contributed by atoms with van der Waals surface area (Å²) in [5.41, 5.74) is 5.91. The molecule has 0 aromatic carbocycles. The molecule has 2 aromatic heterocycles. The van der Waals surface area contributed by atoms with Gasteiger partial charge < -0.3 is 11.1 Å². The van der Waals surface area contributed by atoms with Crippen LogP contribution in [0.4, 0.5) is 17.5 Å². The van der Waals surface area contributed by atoms with E-state index in [2.05, 4.69) is 20.4 Å². The van der Waals surface area contributed by atoms with E-state index in [9.17, 15) is 10.1 Å². The molecule has 18 heavy (non-hydrogen) atoms. The van der Waals surface area contributed by atoms with Crippen LogP contribution in [0.25, 0.3) is 0 Å². The Labute approximate surface area is 102 Å². The van der Waals surface area contributed by atoms with Crippen molar-refractivity contribution >= 4 is 17.5 Å². The number of nitrogens with zero attached hydrogens (tertiary/aromatic N) is 5. The van der Waals surface area contributed by atoms with E-state index >= 15 is 0 Å². The molecule has 0 radical (unpaired) electrons. The van der Waals surface area contributed by atoms with Gasteiger partial charge in [0.05, 0.1) is 17.2 Å². The van der Waals surface area contributed by atoms with Crippen molar-refractivity contribution in [3.63, 3.8) is 0 Å². The minimum atomic E-state index is -0.569. The van der Waals surface area contributed by atoms with Gasteiger partial charge in [-0.25, -0.2) is 4.98 Å². The number of nitrogens with two attached hydrogens (primary N) is 1. The Morgan fingerprint density at radius 2 is 2.39 bits per heavy atom. The summed E-state index contributed by atoms with van der Waals surface area (Å²) in [5.74, 6) is 0.0577. The summed E-state index contributed by atoms with van der Waals surface area (Å²) in [6.45, 7) is 0.318. The third-order valence-corrected chi connectivity index (χ3v) is 2.19. The van der Waals surface area contributed by atoms with Gasteiger partial charge in [0, 0.05) is 13.2 Å². The number of anilines is 2. The molecule has 9 heteroatoms. The van der Waals surface area contributed by atoms with E-state index in [1.165, 1.54) is 0 Å². The molecule has 0 fully saturated rings. The summed E-state index contributed by atoms with van der Waals surface area (Å²) >= 11 is 0. The van der Waals surface area contributed by atoms with E-state index in [0.717, 1.165) is 11.9 Å². The molecule has 0 aliphatic rings. The molecular weight excluding hydrogens is 238 g/mol. The van der Waals surface area contributed by atoms with Crippen molar-refractivity contribution in [2.45, 2.75) is 6.54 Å². The van der Waals surface area contributed by atoms with Crippen molar-refractivity contribution in [2.24, 2.45) is 7.05 Å². The van der Waals surface area contributed by atoms with E-state index in [4.69, 9.17) is 5.73 Å². The standard InChI is InChI=1S/C9H11N7O2/c1-15-3-2-6(14-15)4-11-8-7(16(17)18)5-12-9(10)13-8/h2-3,5H,4H2,1H3,(H3,10,11,12,13). The second-order valence-electron chi connectivity index (χ2n) is 3.55. The number of nitrogen functional groups attached to an aromatic ring is 1. The fourth-order valence-electron chi connectivity index (χ4n) is 1.38. The van der Waals surface area contributed by atoms with Gasteiger partial charge in [0.25, 0.3) is 0 Å². The maximum absolute atomic E-state index is 10.8.